The van der Waals surface area contributed by atoms with Gasteiger partial charge in [-0.1, -0.05) is 0 Å². The standard InChI is InChI=1S/C6H9NO6S/c8-5(1-2-6(9)10)7-3-4-14(11,12)13/h1-2H,3-4H2,(H,7,8)(H,9,10)(H,11,12,13)/b2-1+. The summed E-state index contributed by atoms with van der Waals surface area (Å²) in [6.45, 7) is -0.276. The van der Waals surface area contributed by atoms with Gasteiger partial charge in [0, 0.05) is 18.7 Å². The molecule has 3 N–H and O–H groups in total. The van der Waals surface area contributed by atoms with E-state index in [2.05, 4.69) is 5.32 Å². The Hall–Kier alpha value is -1.41. The van der Waals surface area contributed by atoms with Crippen LogP contribution in [0.3, 0.4) is 0 Å². The van der Waals surface area contributed by atoms with Gasteiger partial charge >= 0.3 is 5.97 Å². The zero-order valence-electron chi connectivity index (χ0n) is 7.00. The van der Waals surface area contributed by atoms with E-state index >= 15 is 0 Å². The first-order valence-corrected chi connectivity index (χ1v) is 5.06. The summed E-state index contributed by atoms with van der Waals surface area (Å²) in [5, 5.41) is 10.2. The van der Waals surface area contributed by atoms with E-state index in [9.17, 15) is 18.0 Å². The van der Waals surface area contributed by atoms with Crippen LogP contribution in [0.4, 0.5) is 0 Å². The first-order valence-electron chi connectivity index (χ1n) is 3.45. The molecule has 0 bridgehead atoms. The Morgan fingerprint density at radius 2 is 1.86 bits per heavy atom. The van der Waals surface area contributed by atoms with Crippen LogP contribution in [0, 0.1) is 0 Å². The van der Waals surface area contributed by atoms with E-state index in [1.165, 1.54) is 0 Å². The number of amides is 1. The maximum atomic E-state index is 10.7. The minimum absolute atomic E-state index is 0.276. The van der Waals surface area contributed by atoms with E-state index < -0.39 is 27.7 Å². The number of carboxylic acids is 1. The smallest absolute Gasteiger partial charge is 0.328 e. The van der Waals surface area contributed by atoms with Crippen LogP contribution in [0.5, 0.6) is 0 Å². The topological polar surface area (TPSA) is 121 Å². The van der Waals surface area contributed by atoms with Crippen LogP contribution < -0.4 is 5.32 Å². The van der Waals surface area contributed by atoms with E-state index in [1.54, 1.807) is 0 Å². The lowest BCUT2D eigenvalue weighted by Crippen LogP contribution is -2.27. The Morgan fingerprint density at radius 3 is 2.29 bits per heavy atom. The van der Waals surface area contributed by atoms with Crippen molar-refractivity contribution in [1.82, 2.24) is 5.32 Å². The van der Waals surface area contributed by atoms with E-state index in [0.717, 1.165) is 6.08 Å². The quantitative estimate of drug-likeness (QED) is 0.390. The van der Waals surface area contributed by atoms with Gasteiger partial charge in [-0.05, 0) is 0 Å². The molecule has 0 fully saturated rings. The predicted octanol–water partition coefficient (Wildman–Crippen LogP) is -1.37. The molecule has 0 aromatic heterocycles. The molecule has 0 spiro atoms. The van der Waals surface area contributed by atoms with Crippen molar-refractivity contribution in [3.8, 4) is 0 Å². The number of nitrogens with one attached hydrogen (secondary N) is 1. The van der Waals surface area contributed by atoms with Crippen LogP contribution in [0.1, 0.15) is 0 Å². The van der Waals surface area contributed by atoms with Crippen molar-refractivity contribution in [2.75, 3.05) is 12.3 Å². The van der Waals surface area contributed by atoms with Gasteiger partial charge in [0.05, 0.1) is 5.75 Å². The average Bonchev–Trinajstić information content (AvgIpc) is 1.98. The second-order valence-electron chi connectivity index (χ2n) is 2.25. The molecule has 1 amide bonds. The molecule has 0 unspecified atom stereocenters. The Kier molecular flexibility index (Phi) is 4.81. The molecule has 0 atom stereocenters. The summed E-state index contributed by atoms with van der Waals surface area (Å²) >= 11 is 0. The van der Waals surface area contributed by atoms with Gasteiger partial charge in [-0.3, -0.25) is 9.35 Å². The molecule has 0 aliphatic rings. The third-order valence-corrected chi connectivity index (χ3v) is 1.76. The van der Waals surface area contributed by atoms with Gasteiger partial charge < -0.3 is 10.4 Å². The van der Waals surface area contributed by atoms with E-state index in [-0.39, 0.29) is 6.54 Å². The van der Waals surface area contributed by atoms with Crippen molar-refractivity contribution in [3.63, 3.8) is 0 Å². The Morgan fingerprint density at radius 1 is 1.29 bits per heavy atom. The Balaban J connectivity index is 3.82. The highest BCUT2D eigenvalue weighted by molar-refractivity contribution is 7.85. The van der Waals surface area contributed by atoms with Gasteiger partial charge in [-0.2, -0.15) is 8.42 Å². The van der Waals surface area contributed by atoms with Crippen LogP contribution in [0.2, 0.25) is 0 Å². The summed E-state index contributed by atoms with van der Waals surface area (Å²) in [6, 6.07) is 0. The Labute approximate surface area is 80.2 Å². The van der Waals surface area contributed by atoms with Gasteiger partial charge in [0.2, 0.25) is 5.91 Å². The first-order chi connectivity index (χ1) is 6.31. The lowest BCUT2D eigenvalue weighted by Gasteiger charge is -1.98. The lowest BCUT2D eigenvalue weighted by atomic mass is 10.4. The summed E-state index contributed by atoms with van der Waals surface area (Å²) in [5.41, 5.74) is 0. The largest absolute Gasteiger partial charge is 0.478 e. The van der Waals surface area contributed by atoms with Crippen molar-refractivity contribution >= 4 is 22.0 Å². The lowest BCUT2D eigenvalue weighted by molar-refractivity contribution is -0.131. The number of carbonyl (C=O) groups excluding carboxylic acids is 1. The van der Waals surface area contributed by atoms with Gasteiger partial charge in [-0.15, -0.1) is 0 Å². The van der Waals surface area contributed by atoms with E-state index in [4.69, 9.17) is 9.66 Å². The molecule has 0 rings (SSSR count). The molecule has 0 saturated carbocycles. The fourth-order valence-corrected chi connectivity index (χ4v) is 0.869. The molecule has 0 saturated heterocycles. The zero-order chi connectivity index (χ0) is 11.2. The van der Waals surface area contributed by atoms with Crippen molar-refractivity contribution in [1.29, 1.82) is 0 Å². The third kappa shape index (κ3) is 8.68. The summed E-state index contributed by atoms with van der Waals surface area (Å²) < 4.78 is 28.6. The van der Waals surface area contributed by atoms with Crippen molar-refractivity contribution in [3.05, 3.63) is 12.2 Å². The second-order valence-corrected chi connectivity index (χ2v) is 3.82. The molecule has 0 aliphatic carbocycles. The van der Waals surface area contributed by atoms with Crippen molar-refractivity contribution in [2.45, 2.75) is 0 Å². The number of hydrogen-bond acceptors (Lipinski definition) is 4. The highest BCUT2D eigenvalue weighted by Gasteiger charge is 2.04. The molecular weight excluding hydrogens is 214 g/mol. The Bertz CT molecular complexity index is 343. The SMILES string of the molecule is O=C(O)/C=C/C(=O)NCCS(=O)(=O)O. The maximum absolute atomic E-state index is 10.7. The molecule has 0 aliphatic heterocycles. The fraction of sp³-hybridized carbons (Fsp3) is 0.333. The van der Waals surface area contributed by atoms with Crippen LogP contribution >= 0.6 is 0 Å². The minimum atomic E-state index is -4.11. The number of rotatable bonds is 5. The average molecular weight is 223 g/mol. The summed E-state index contributed by atoms with van der Waals surface area (Å²) in [6.07, 6.45) is 1.36. The van der Waals surface area contributed by atoms with Crippen molar-refractivity contribution < 1.29 is 27.7 Å². The molecule has 80 valence electrons. The molecule has 0 radical (unpaired) electrons. The molecule has 14 heavy (non-hydrogen) atoms. The van der Waals surface area contributed by atoms with E-state index in [0.29, 0.717) is 6.08 Å². The molecule has 7 nitrogen and oxygen atoms in total. The molecule has 0 aromatic rings. The second kappa shape index (κ2) is 5.35. The summed E-state index contributed by atoms with van der Waals surface area (Å²) in [5.74, 6) is -2.63. The molecular formula is C6H9NO6S. The number of aliphatic carboxylic acids is 1. The monoisotopic (exact) mass is 223 g/mol. The molecule has 8 heteroatoms. The highest BCUT2D eigenvalue weighted by atomic mass is 32.2. The van der Waals surface area contributed by atoms with Crippen LogP contribution in [0.25, 0.3) is 0 Å². The number of carboxylic acid groups (broad SMARTS) is 1. The normalized spacial score (nSPS) is 11.5. The predicted molar refractivity (Wildman–Crippen MR) is 46.2 cm³/mol. The van der Waals surface area contributed by atoms with Crippen molar-refractivity contribution in [2.24, 2.45) is 0 Å². The number of carbonyl (C=O) groups is 2. The van der Waals surface area contributed by atoms with Gasteiger partial charge in [-0.25, -0.2) is 4.79 Å². The minimum Gasteiger partial charge on any atom is -0.478 e. The van der Waals surface area contributed by atoms with Gasteiger partial charge in [0.15, 0.2) is 0 Å². The molecule has 0 heterocycles. The highest BCUT2D eigenvalue weighted by Crippen LogP contribution is 1.80. The summed E-state index contributed by atoms with van der Waals surface area (Å²) in [4.78, 5) is 20.6. The van der Waals surface area contributed by atoms with Crippen LogP contribution in [-0.4, -0.2) is 42.3 Å². The van der Waals surface area contributed by atoms with E-state index in [1.807, 2.05) is 0 Å². The number of hydrogen-bond donors (Lipinski definition) is 3. The van der Waals surface area contributed by atoms with Crippen LogP contribution in [-0.2, 0) is 19.7 Å². The first kappa shape index (κ1) is 12.6. The summed E-state index contributed by atoms with van der Waals surface area (Å²) in [7, 11) is -4.11. The van der Waals surface area contributed by atoms with Gasteiger partial charge in [0.25, 0.3) is 10.1 Å². The zero-order valence-corrected chi connectivity index (χ0v) is 7.82. The van der Waals surface area contributed by atoms with Gasteiger partial charge in [0.1, 0.15) is 0 Å². The maximum Gasteiger partial charge on any atom is 0.328 e. The molecule has 0 aromatic carbocycles. The van der Waals surface area contributed by atoms with Crippen LogP contribution in [0.15, 0.2) is 12.2 Å². The third-order valence-electron chi connectivity index (χ3n) is 1.04. The fourth-order valence-electron chi connectivity index (χ4n) is 0.509.